The van der Waals surface area contributed by atoms with Crippen LogP contribution in [0.3, 0.4) is 0 Å². The molecule has 0 bridgehead atoms. The molecular weight excluding hydrogens is 250 g/mol. The van der Waals surface area contributed by atoms with E-state index in [2.05, 4.69) is 5.32 Å². The molecule has 3 nitrogen and oxygen atoms in total. The van der Waals surface area contributed by atoms with Gasteiger partial charge in [0.1, 0.15) is 5.58 Å². The van der Waals surface area contributed by atoms with Crippen molar-refractivity contribution in [3.05, 3.63) is 36.1 Å². The molecule has 0 aliphatic heterocycles. The number of fused-ring (bicyclic) bond motifs is 1. The Bertz CT molecular complexity index is 516. The number of benzene rings is 1. The van der Waals surface area contributed by atoms with Gasteiger partial charge in [0.25, 0.3) is 5.91 Å². The van der Waals surface area contributed by atoms with Crippen LogP contribution in [0.2, 0.25) is 0 Å². The van der Waals surface area contributed by atoms with Crippen LogP contribution in [0, 0.1) is 5.92 Å². The molecule has 1 aromatic carbocycles. The van der Waals surface area contributed by atoms with E-state index in [0.29, 0.717) is 11.6 Å². The van der Waals surface area contributed by atoms with Crippen LogP contribution in [0.25, 0.3) is 11.0 Å². The Morgan fingerprint density at radius 2 is 2.11 bits per heavy atom. The number of halogens is 1. The molecule has 0 radical (unpaired) electrons. The van der Waals surface area contributed by atoms with E-state index in [1.807, 2.05) is 38.1 Å². The number of hydrogen-bond donors (Lipinski definition) is 1. The number of hydrogen-bond acceptors (Lipinski definition) is 2. The minimum Gasteiger partial charge on any atom is -0.451 e. The number of carbonyl (C=O) groups is 1. The van der Waals surface area contributed by atoms with E-state index < -0.39 is 0 Å². The Hall–Kier alpha value is -1.48. The Labute approximate surface area is 111 Å². The second-order valence-electron chi connectivity index (χ2n) is 4.54. The monoisotopic (exact) mass is 265 g/mol. The Kier molecular flexibility index (Phi) is 3.92. The fourth-order valence-corrected chi connectivity index (χ4v) is 1.91. The summed E-state index contributed by atoms with van der Waals surface area (Å²) in [5, 5.41) is 3.82. The summed E-state index contributed by atoms with van der Waals surface area (Å²) in [6.45, 7) is 3.93. The first kappa shape index (κ1) is 13.0. The summed E-state index contributed by atoms with van der Waals surface area (Å²) in [4.78, 5) is 12.0. The molecule has 18 heavy (non-hydrogen) atoms. The summed E-state index contributed by atoms with van der Waals surface area (Å²) in [6, 6.07) is 9.33. The van der Waals surface area contributed by atoms with Gasteiger partial charge in [-0.1, -0.05) is 25.1 Å². The predicted molar refractivity (Wildman–Crippen MR) is 73.0 cm³/mol. The van der Waals surface area contributed by atoms with Crippen LogP contribution in [-0.2, 0) is 0 Å². The van der Waals surface area contributed by atoms with Gasteiger partial charge < -0.3 is 9.73 Å². The molecule has 4 heteroatoms. The highest BCUT2D eigenvalue weighted by Crippen LogP contribution is 2.19. The largest absolute Gasteiger partial charge is 0.451 e. The molecule has 1 N–H and O–H groups in total. The summed E-state index contributed by atoms with van der Waals surface area (Å²) in [7, 11) is 0. The first-order chi connectivity index (χ1) is 8.61. The minimum atomic E-state index is -0.198. The molecule has 2 aromatic rings. The van der Waals surface area contributed by atoms with Gasteiger partial charge in [-0.2, -0.15) is 0 Å². The zero-order valence-electron chi connectivity index (χ0n) is 10.4. The lowest BCUT2D eigenvalue weighted by atomic mass is 10.1. The molecule has 2 rings (SSSR count). The Morgan fingerprint density at radius 3 is 2.78 bits per heavy atom. The smallest absolute Gasteiger partial charge is 0.287 e. The van der Waals surface area contributed by atoms with Gasteiger partial charge in [0.05, 0.1) is 0 Å². The number of nitrogens with one attached hydrogen (secondary N) is 1. The molecule has 0 aliphatic carbocycles. The van der Waals surface area contributed by atoms with E-state index in [4.69, 9.17) is 16.0 Å². The van der Waals surface area contributed by atoms with Crippen molar-refractivity contribution in [2.75, 3.05) is 5.88 Å². The van der Waals surface area contributed by atoms with Crippen LogP contribution >= 0.6 is 11.6 Å². The van der Waals surface area contributed by atoms with Crippen LogP contribution in [0.1, 0.15) is 24.4 Å². The van der Waals surface area contributed by atoms with Gasteiger partial charge in [0, 0.05) is 17.3 Å². The maximum atomic E-state index is 12.0. The normalized spacial score (nSPS) is 14.4. The summed E-state index contributed by atoms with van der Waals surface area (Å²) < 4.78 is 5.50. The zero-order chi connectivity index (χ0) is 13.1. The van der Waals surface area contributed by atoms with Gasteiger partial charge >= 0.3 is 0 Å². The van der Waals surface area contributed by atoms with Crippen LogP contribution < -0.4 is 5.32 Å². The quantitative estimate of drug-likeness (QED) is 0.861. The summed E-state index contributed by atoms with van der Waals surface area (Å²) in [6.07, 6.45) is 0. The van der Waals surface area contributed by atoms with E-state index >= 15 is 0 Å². The molecule has 0 spiro atoms. The molecule has 0 aliphatic rings. The minimum absolute atomic E-state index is 0.0169. The number of carbonyl (C=O) groups excluding carboxylic acids is 1. The highest BCUT2D eigenvalue weighted by molar-refractivity contribution is 6.18. The third-order valence-electron chi connectivity index (χ3n) is 3.11. The topological polar surface area (TPSA) is 42.2 Å². The van der Waals surface area contributed by atoms with Crippen molar-refractivity contribution < 1.29 is 9.21 Å². The predicted octanol–water partition coefficient (Wildman–Crippen LogP) is 3.43. The van der Waals surface area contributed by atoms with Gasteiger partial charge in [-0.15, -0.1) is 11.6 Å². The van der Waals surface area contributed by atoms with Crippen molar-refractivity contribution in [1.82, 2.24) is 5.32 Å². The van der Waals surface area contributed by atoms with E-state index in [0.717, 1.165) is 11.0 Å². The molecular formula is C14H16ClNO2. The summed E-state index contributed by atoms with van der Waals surface area (Å²) in [5.41, 5.74) is 0.723. The van der Waals surface area contributed by atoms with E-state index in [1.165, 1.54) is 0 Å². The van der Waals surface area contributed by atoms with Crippen molar-refractivity contribution in [1.29, 1.82) is 0 Å². The van der Waals surface area contributed by atoms with Crippen LogP contribution in [0.5, 0.6) is 0 Å². The third-order valence-corrected chi connectivity index (χ3v) is 3.59. The molecule has 0 saturated carbocycles. The second kappa shape index (κ2) is 5.44. The fourth-order valence-electron chi connectivity index (χ4n) is 1.65. The van der Waals surface area contributed by atoms with Crippen molar-refractivity contribution in [2.24, 2.45) is 5.92 Å². The van der Waals surface area contributed by atoms with Gasteiger partial charge in [0.15, 0.2) is 5.76 Å². The number of rotatable bonds is 4. The van der Waals surface area contributed by atoms with Crippen LogP contribution in [-0.4, -0.2) is 17.8 Å². The zero-order valence-corrected chi connectivity index (χ0v) is 11.2. The molecule has 1 aromatic heterocycles. The molecule has 0 saturated heterocycles. The van der Waals surface area contributed by atoms with Crippen LogP contribution in [0.15, 0.2) is 34.7 Å². The number of amides is 1. The summed E-state index contributed by atoms with van der Waals surface area (Å²) >= 11 is 5.77. The lowest BCUT2D eigenvalue weighted by Crippen LogP contribution is -2.37. The molecule has 1 heterocycles. The van der Waals surface area contributed by atoms with Gasteiger partial charge in [0.2, 0.25) is 0 Å². The Balaban J connectivity index is 2.13. The van der Waals surface area contributed by atoms with Gasteiger partial charge in [-0.25, -0.2) is 0 Å². The van der Waals surface area contributed by atoms with Crippen LogP contribution in [0.4, 0.5) is 0 Å². The number of furan rings is 1. The molecule has 0 fully saturated rings. The second-order valence-corrected chi connectivity index (χ2v) is 4.85. The lowest BCUT2D eigenvalue weighted by Gasteiger charge is -2.18. The van der Waals surface area contributed by atoms with Gasteiger partial charge in [-0.05, 0) is 25.0 Å². The highest BCUT2D eigenvalue weighted by atomic mass is 35.5. The average Bonchev–Trinajstić information content (AvgIpc) is 2.81. The molecule has 96 valence electrons. The standard InChI is InChI=1S/C14H16ClNO2/c1-9(8-15)10(2)16-14(17)13-7-11-5-3-4-6-12(11)18-13/h3-7,9-10H,8H2,1-2H3,(H,16,17). The first-order valence-electron chi connectivity index (χ1n) is 5.97. The van der Waals surface area contributed by atoms with Crippen molar-refractivity contribution >= 4 is 28.5 Å². The highest BCUT2D eigenvalue weighted by Gasteiger charge is 2.17. The van der Waals surface area contributed by atoms with E-state index in [9.17, 15) is 4.79 Å². The summed E-state index contributed by atoms with van der Waals surface area (Å²) in [5.74, 6) is 0.877. The number of alkyl halides is 1. The first-order valence-corrected chi connectivity index (χ1v) is 6.50. The molecule has 2 unspecified atom stereocenters. The third kappa shape index (κ3) is 2.67. The SMILES string of the molecule is CC(CCl)C(C)NC(=O)c1cc2ccccc2o1. The fraction of sp³-hybridized carbons (Fsp3) is 0.357. The average molecular weight is 266 g/mol. The Morgan fingerprint density at radius 1 is 1.39 bits per heavy atom. The van der Waals surface area contributed by atoms with Crippen molar-refractivity contribution in [2.45, 2.75) is 19.9 Å². The van der Waals surface area contributed by atoms with Crippen molar-refractivity contribution in [3.8, 4) is 0 Å². The number of para-hydroxylation sites is 1. The van der Waals surface area contributed by atoms with Crippen molar-refractivity contribution in [3.63, 3.8) is 0 Å². The lowest BCUT2D eigenvalue weighted by molar-refractivity contribution is 0.0905. The van der Waals surface area contributed by atoms with E-state index in [1.54, 1.807) is 6.07 Å². The van der Waals surface area contributed by atoms with E-state index in [-0.39, 0.29) is 17.9 Å². The van der Waals surface area contributed by atoms with Gasteiger partial charge in [-0.3, -0.25) is 4.79 Å². The maximum absolute atomic E-state index is 12.0. The maximum Gasteiger partial charge on any atom is 0.287 e. The molecule has 1 amide bonds. The molecule has 2 atom stereocenters.